The molecule has 90 valence electrons. The molecule has 4 heteroatoms. The van der Waals surface area contributed by atoms with Crippen LogP contribution in [0.2, 0.25) is 0 Å². The highest BCUT2D eigenvalue weighted by atomic mass is 15.2. The van der Waals surface area contributed by atoms with Crippen LogP contribution in [0.4, 0.5) is 5.95 Å². The smallest absolute Gasteiger partial charge is 0.224 e. The van der Waals surface area contributed by atoms with E-state index in [-0.39, 0.29) is 0 Å². The van der Waals surface area contributed by atoms with Gasteiger partial charge in [-0.15, -0.1) is 0 Å². The molecule has 0 atom stereocenters. The summed E-state index contributed by atoms with van der Waals surface area (Å²) in [7, 11) is 2.03. The van der Waals surface area contributed by atoms with E-state index in [2.05, 4.69) is 28.7 Å². The number of nitrogens with zero attached hydrogens (tertiary/aromatic N) is 3. The van der Waals surface area contributed by atoms with Crippen molar-refractivity contribution in [3.63, 3.8) is 0 Å². The summed E-state index contributed by atoms with van der Waals surface area (Å²) in [6, 6.07) is 0. The fraction of sp³-hybridized carbons (Fsp3) is 0.667. The van der Waals surface area contributed by atoms with Gasteiger partial charge in [0.1, 0.15) is 0 Å². The third kappa shape index (κ3) is 4.14. The Labute approximate surface area is 97.9 Å². The predicted octanol–water partition coefficient (Wildman–Crippen LogP) is 1.46. The average molecular weight is 222 g/mol. The molecular weight excluding hydrogens is 200 g/mol. The summed E-state index contributed by atoms with van der Waals surface area (Å²) in [5.41, 5.74) is 6.57. The van der Waals surface area contributed by atoms with Crippen LogP contribution in [0, 0.1) is 5.92 Å². The number of hydrogen-bond acceptors (Lipinski definition) is 4. The Morgan fingerprint density at radius 1 is 1.31 bits per heavy atom. The summed E-state index contributed by atoms with van der Waals surface area (Å²) in [5.74, 6) is 1.50. The van der Waals surface area contributed by atoms with Crippen molar-refractivity contribution >= 4 is 5.95 Å². The molecule has 1 rings (SSSR count). The first-order valence-corrected chi connectivity index (χ1v) is 5.85. The number of rotatable bonds is 6. The SMILES string of the molecule is CC(C)CCN(C)c1ncc(CCN)cn1. The molecule has 0 saturated heterocycles. The van der Waals surface area contributed by atoms with Crippen LogP contribution in [0.25, 0.3) is 0 Å². The van der Waals surface area contributed by atoms with Gasteiger partial charge < -0.3 is 10.6 Å². The molecule has 1 aromatic heterocycles. The molecule has 1 aromatic rings. The van der Waals surface area contributed by atoms with E-state index < -0.39 is 0 Å². The molecular formula is C12H22N4. The van der Waals surface area contributed by atoms with Crippen molar-refractivity contribution in [2.24, 2.45) is 11.7 Å². The van der Waals surface area contributed by atoms with Gasteiger partial charge in [0.15, 0.2) is 0 Å². The highest BCUT2D eigenvalue weighted by molar-refractivity contribution is 5.28. The van der Waals surface area contributed by atoms with Gasteiger partial charge >= 0.3 is 0 Å². The quantitative estimate of drug-likeness (QED) is 0.791. The number of anilines is 1. The maximum Gasteiger partial charge on any atom is 0.224 e. The third-order valence-electron chi connectivity index (χ3n) is 2.51. The van der Waals surface area contributed by atoms with Gasteiger partial charge in [-0.25, -0.2) is 9.97 Å². The normalized spacial score (nSPS) is 10.8. The van der Waals surface area contributed by atoms with Crippen molar-refractivity contribution < 1.29 is 0 Å². The molecule has 0 unspecified atom stereocenters. The largest absolute Gasteiger partial charge is 0.344 e. The number of aromatic nitrogens is 2. The fourth-order valence-electron chi connectivity index (χ4n) is 1.39. The standard InChI is InChI=1S/C12H22N4/c1-10(2)5-7-16(3)12-14-8-11(4-6-13)9-15-12/h8-10H,4-7,13H2,1-3H3. The molecule has 0 fully saturated rings. The summed E-state index contributed by atoms with van der Waals surface area (Å²) in [6.07, 6.45) is 5.72. The summed E-state index contributed by atoms with van der Waals surface area (Å²) in [6.45, 7) is 6.08. The average Bonchev–Trinajstić information content (AvgIpc) is 2.27. The van der Waals surface area contributed by atoms with E-state index in [1.807, 2.05) is 19.4 Å². The van der Waals surface area contributed by atoms with Crippen LogP contribution in [0.5, 0.6) is 0 Å². The predicted molar refractivity (Wildman–Crippen MR) is 67.5 cm³/mol. The zero-order chi connectivity index (χ0) is 12.0. The number of hydrogen-bond donors (Lipinski definition) is 1. The van der Waals surface area contributed by atoms with Gasteiger partial charge in [-0.3, -0.25) is 0 Å². The number of nitrogens with two attached hydrogens (primary N) is 1. The maximum atomic E-state index is 5.47. The van der Waals surface area contributed by atoms with E-state index in [0.29, 0.717) is 12.5 Å². The lowest BCUT2D eigenvalue weighted by Crippen LogP contribution is -2.22. The fourth-order valence-corrected chi connectivity index (χ4v) is 1.39. The Bertz CT molecular complexity index is 294. The van der Waals surface area contributed by atoms with Gasteiger partial charge in [0, 0.05) is 26.0 Å². The second-order valence-electron chi connectivity index (χ2n) is 4.53. The molecule has 2 N–H and O–H groups in total. The van der Waals surface area contributed by atoms with Gasteiger partial charge in [-0.1, -0.05) is 13.8 Å². The van der Waals surface area contributed by atoms with Crippen LogP contribution in [-0.4, -0.2) is 30.1 Å². The summed E-state index contributed by atoms with van der Waals surface area (Å²) >= 11 is 0. The highest BCUT2D eigenvalue weighted by Crippen LogP contribution is 2.08. The second kappa shape index (κ2) is 6.43. The van der Waals surface area contributed by atoms with Crippen molar-refractivity contribution in [3.05, 3.63) is 18.0 Å². The minimum absolute atomic E-state index is 0.645. The second-order valence-corrected chi connectivity index (χ2v) is 4.53. The monoisotopic (exact) mass is 222 g/mol. The van der Waals surface area contributed by atoms with Crippen LogP contribution in [0.3, 0.4) is 0 Å². The minimum Gasteiger partial charge on any atom is -0.344 e. The van der Waals surface area contributed by atoms with Crippen molar-refractivity contribution in [3.8, 4) is 0 Å². The molecule has 0 aliphatic carbocycles. The zero-order valence-electron chi connectivity index (χ0n) is 10.5. The van der Waals surface area contributed by atoms with Crippen molar-refractivity contribution in [2.75, 3.05) is 25.0 Å². The molecule has 0 radical (unpaired) electrons. The maximum absolute atomic E-state index is 5.47. The molecule has 0 saturated carbocycles. The van der Waals surface area contributed by atoms with E-state index in [1.54, 1.807) is 0 Å². The first-order chi connectivity index (χ1) is 7.63. The zero-order valence-corrected chi connectivity index (χ0v) is 10.5. The van der Waals surface area contributed by atoms with Gasteiger partial charge in [0.2, 0.25) is 5.95 Å². The van der Waals surface area contributed by atoms with Gasteiger partial charge in [-0.2, -0.15) is 0 Å². The van der Waals surface area contributed by atoms with E-state index >= 15 is 0 Å². The minimum atomic E-state index is 0.645. The Hall–Kier alpha value is -1.16. The molecule has 0 amide bonds. The lowest BCUT2D eigenvalue weighted by molar-refractivity contribution is 0.581. The van der Waals surface area contributed by atoms with E-state index in [0.717, 1.165) is 30.9 Å². The van der Waals surface area contributed by atoms with Crippen molar-refractivity contribution in [1.82, 2.24) is 9.97 Å². The topological polar surface area (TPSA) is 55.0 Å². The van der Waals surface area contributed by atoms with E-state index in [4.69, 9.17) is 5.73 Å². The summed E-state index contributed by atoms with van der Waals surface area (Å²) in [5, 5.41) is 0. The van der Waals surface area contributed by atoms with Gasteiger partial charge in [0.05, 0.1) is 0 Å². The first-order valence-electron chi connectivity index (χ1n) is 5.85. The van der Waals surface area contributed by atoms with E-state index in [1.165, 1.54) is 0 Å². The Morgan fingerprint density at radius 3 is 2.44 bits per heavy atom. The van der Waals surface area contributed by atoms with Crippen molar-refractivity contribution in [1.29, 1.82) is 0 Å². The van der Waals surface area contributed by atoms with Crippen LogP contribution < -0.4 is 10.6 Å². The Balaban J connectivity index is 2.52. The van der Waals surface area contributed by atoms with Crippen molar-refractivity contribution in [2.45, 2.75) is 26.7 Å². The van der Waals surface area contributed by atoms with Crippen LogP contribution in [0.1, 0.15) is 25.8 Å². The van der Waals surface area contributed by atoms with Crippen LogP contribution in [0.15, 0.2) is 12.4 Å². The first kappa shape index (κ1) is 12.9. The molecule has 0 spiro atoms. The third-order valence-corrected chi connectivity index (χ3v) is 2.51. The molecule has 1 heterocycles. The lowest BCUT2D eigenvalue weighted by Gasteiger charge is -2.17. The van der Waals surface area contributed by atoms with Crippen LogP contribution >= 0.6 is 0 Å². The van der Waals surface area contributed by atoms with Gasteiger partial charge in [0.25, 0.3) is 0 Å². The molecule has 4 nitrogen and oxygen atoms in total. The molecule has 0 aliphatic rings. The molecule has 0 aromatic carbocycles. The summed E-state index contributed by atoms with van der Waals surface area (Å²) in [4.78, 5) is 10.8. The Kier molecular flexibility index (Phi) is 5.19. The molecule has 0 aliphatic heterocycles. The summed E-state index contributed by atoms with van der Waals surface area (Å²) < 4.78 is 0. The van der Waals surface area contributed by atoms with Crippen LogP contribution in [-0.2, 0) is 6.42 Å². The molecule has 16 heavy (non-hydrogen) atoms. The van der Waals surface area contributed by atoms with E-state index in [9.17, 15) is 0 Å². The lowest BCUT2D eigenvalue weighted by atomic mass is 10.1. The molecule has 0 bridgehead atoms. The Morgan fingerprint density at radius 2 is 1.94 bits per heavy atom. The highest BCUT2D eigenvalue weighted by Gasteiger charge is 2.04. The van der Waals surface area contributed by atoms with Gasteiger partial charge in [-0.05, 0) is 30.9 Å².